The lowest BCUT2D eigenvalue weighted by Gasteiger charge is -2.23. The predicted octanol–water partition coefficient (Wildman–Crippen LogP) is 5.29. The van der Waals surface area contributed by atoms with Crippen LogP contribution in [0.4, 0.5) is 14.9 Å². The van der Waals surface area contributed by atoms with E-state index in [0.29, 0.717) is 19.5 Å². The van der Waals surface area contributed by atoms with Gasteiger partial charge in [-0.15, -0.1) is 0 Å². The number of para-hydroxylation sites is 2. The summed E-state index contributed by atoms with van der Waals surface area (Å²) in [4.78, 5) is 22.4. The maximum Gasteiger partial charge on any atom is 0.322 e. The van der Waals surface area contributed by atoms with Gasteiger partial charge in [-0.1, -0.05) is 36.4 Å². The van der Waals surface area contributed by atoms with Crippen molar-refractivity contribution in [3.8, 4) is 0 Å². The van der Waals surface area contributed by atoms with Crippen LogP contribution in [0.1, 0.15) is 17.0 Å². The Morgan fingerprint density at radius 2 is 1.87 bits per heavy atom. The van der Waals surface area contributed by atoms with Gasteiger partial charge in [0.05, 0.1) is 17.9 Å². The fourth-order valence-corrected chi connectivity index (χ4v) is 3.49. The van der Waals surface area contributed by atoms with Crippen molar-refractivity contribution >= 4 is 22.6 Å². The average Bonchev–Trinajstić information content (AvgIpc) is 3.16. The zero-order chi connectivity index (χ0) is 20.9. The van der Waals surface area contributed by atoms with Gasteiger partial charge in [0.25, 0.3) is 0 Å². The van der Waals surface area contributed by atoms with E-state index in [-0.39, 0.29) is 11.7 Å². The number of urea groups is 1. The van der Waals surface area contributed by atoms with E-state index in [1.165, 1.54) is 6.07 Å². The number of aryl methyl sites for hydroxylation is 1. The van der Waals surface area contributed by atoms with E-state index >= 15 is 0 Å². The number of amides is 2. The molecule has 2 aromatic carbocycles. The van der Waals surface area contributed by atoms with Crippen LogP contribution >= 0.6 is 0 Å². The molecule has 2 amide bonds. The lowest BCUT2D eigenvalue weighted by Crippen LogP contribution is -2.36. The molecule has 30 heavy (non-hydrogen) atoms. The molecule has 0 aliphatic heterocycles. The Bertz CT molecular complexity index is 1170. The molecule has 0 unspecified atom stereocenters. The Morgan fingerprint density at radius 3 is 2.70 bits per heavy atom. The third kappa shape index (κ3) is 4.49. The molecule has 2 N–H and O–H groups in total. The van der Waals surface area contributed by atoms with Gasteiger partial charge in [0, 0.05) is 29.3 Å². The number of carbonyl (C=O) groups is 1. The molecule has 4 aromatic rings. The highest BCUT2D eigenvalue weighted by Gasteiger charge is 2.17. The summed E-state index contributed by atoms with van der Waals surface area (Å²) in [5.74, 6) is -0.462. The molecule has 6 heteroatoms. The molecule has 0 aliphatic rings. The Kier molecular flexibility index (Phi) is 5.75. The number of fused-ring (bicyclic) bond motifs is 1. The van der Waals surface area contributed by atoms with Gasteiger partial charge in [0.15, 0.2) is 0 Å². The lowest BCUT2D eigenvalue weighted by atomic mass is 10.1. The summed E-state index contributed by atoms with van der Waals surface area (Å²) < 4.78 is 14.0. The van der Waals surface area contributed by atoms with Crippen LogP contribution in [0.5, 0.6) is 0 Å². The van der Waals surface area contributed by atoms with E-state index in [9.17, 15) is 9.18 Å². The Labute approximate surface area is 174 Å². The molecule has 0 radical (unpaired) electrons. The van der Waals surface area contributed by atoms with Crippen LogP contribution in [0.25, 0.3) is 10.9 Å². The molecule has 0 fully saturated rings. The lowest BCUT2D eigenvalue weighted by molar-refractivity contribution is 0.209. The van der Waals surface area contributed by atoms with Gasteiger partial charge in [-0.05, 0) is 49.2 Å². The number of rotatable bonds is 6. The quantitative estimate of drug-likeness (QED) is 0.460. The van der Waals surface area contributed by atoms with Gasteiger partial charge in [-0.3, -0.25) is 4.98 Å². The van der Waals surface area contributed by atoms with E-state index < -0.39 is 5.82 Å². The van der Waals surface area contributed by atoms with Gasteiger partial charge >= 0.3 is 6.03 Å². The number of pyridine rings is 1. The first-order valence-corrected chi connectivity index (χ1v) is 9.88. The SMILES string of the molecule is Cc1cccc(CN(CCc2c[nH]c3ccccc23)C(=O)Nc2ccccc2F)n1. The highest BCUT2D eigenvalue weighted by Crippen LogP contribution is 2.19. The number of hydrogen-bond acceptors (Lipinski definition) is 2. The second-order valence-corrected chi connectivity index (χ2v) is 7.21. The van der Waals surface area contributed by atoms with Crippen LogP contribution in [0.3, 0.4) is 0 Å². The van der Waals surface area contributed by atoms with Gasteiger partial charge in [-0.2, -0.15) is 0 Å². The van der Waals surface area contributed by atoms with Gasteiger partial charge in [0.1, 0.15) is 5.82 Å². The van der Waals surface area contributed by atoms with Crippen molar-refractivity contribution < 1.29 is 9.18 Å². The van der Waals surface area contributed by atoms with E-state index in [1.54, 1.807) is 23.1 Å². The van der Waals surface area contributed by atoms with E-state index in [2.05, 4.69) is 21.4 Å². The molecule has 5 nitrogen and oxygen atoms in total. The molecule has 0 saturated carbocycles. The standard InChI is InChI=1S/C24H23FN4O/c1-17-7-6-8-19(27-17)16-29(24(30)28-23-12-5-3-10-21(23)25)14-13-18-15-26-22-11-4-2-9-20(18)22/h2-12,15,26H,13-14,16H2,1H3,(H,28,30). The molecule has 0 spiro atoms. The zero-order valence-corrected chi connectivity index (χ0v) is 16.7. The monoisotopic (exact) mass is 402 g/mol. The van der Waals surface area contributed by atoms with E-state index in [1.807, 2.05) is 49.5 Å². The number of aromatic nitrogens is 2. The third-order valence-electron chi connectivity index (χ3n) is 5.03. The minimum atomic E-state index is -0.462. The fourth-order valence-electron chi connectivity index (χ4n) is 3.49. The normalized spacial score (nSPS) is 10.9. The second-order valence-electron chi connectivity index (χ2n) is 7.21. The smallest absolute Gasteiger partial charge is 0.322 e. The number of hydrogen-bond donors (Lipinski definition) is 2. The maximum absolute atomic E-state index is 14.0. The number of nitrogens with zero attached hydrogens (tertiary/aromatic N) is 2. The first kappa shape index (κ1) is 19.6. The minimum Gasteiger partial charge on any atom is -0.361 e. The highest BCUT2D eigenvalue weighted by atomic mass is 19.1. The number of H-pyrrole nitrogens is 1. The van der Waals surface area contributed by atoms with Gasteiger partial charge < -0.3 is 15.2 Å². The topological polar surface area (TPSA) is 61.0 Å². The van der Waals surface area contributed by atoms with Crippen LogP contribution in [0.2, 0.25) is 0 Å². The number of carbonyl (C=O) groups excluding carboxylic acids is 1. The first-order valence-electron chi connectivity index (χ1n) is 9.88. The van der Waals surface area contributed by atoms with Crippen molar-refractivity contribution in [3.05, 3.63) is 95.7 Å². The van der Waals surface area contributed by atoms with Crippen LogP contribution in [-0.4, -0.2) is 27.4 Å². The van der Waals surface area contributed by atoms with Crippen LogP contribution in [0, 0.1) is 12.7 Å². The molecule has 0 bridgehead atoms. The van der Waals surface area contributed by atoms with Crippen molar-refractivity contribution in [3.63, 3.8) is 0 Å². The number of anilines is 1. The molecule has 0 saturated heterocycles. The first-order chi connectivity index (χ1) is 14.6. The van der Waals surface area contributed by atoms with Crippen molar-refractivity contribution in [2.75, 3.05) is 11.9 Å². The average molecular weight is 402 g/mol. The Morgan fingerprint density at radius 1 is 1.07 bits per heavy atom. The summed E-state index contributed by atoms with van der Waals surface area (Å²) in [7, 11) is 0. The molecule has 2 aromatic heterocycles. The predicted molar refractivity (Wildman–Crippen MR) is 117 cm³/mol. The summed E-state index contributed by atoms with van der Waals surface area (Å²) in [5.41, 5.74) is 4.04. The summed E-state index contributed by atoms with van der Waals surface area (Å²) in [6.45, 7) is 2.72. The zero-order valence-electron chi connectivity index (χ0n) is 16.7. The number of halogens is 1. The largest absolute Gasteiger partial charge is 0.361 e. The molecule has 152 valence electrons. The number of benzene rings is 2. The molecule has 4 rings (SSSR count). The molecule has 0 atom stereocenters. The van der Waals surface area contributed by atoms with Crippen molar-refractivity contribution in [1.82, 2.24) is 14.9 Å². The van der Waals surface area contributed by atoms with E-state index in [4.69, 9.17) is 0 Å². The Balaban J connectivity index is 1.54. The van der Waals surface area contributed by atoms with Crippen molar-refractivity contribution in [2.24, 2.45) is 0 Å². The molecular weight excluding hydrogens is 379 g/mol. The minimum absolute atomic E-state index is 0.164. The maximum atomic E-state index is 14.0. The summed E-state index contributed by atoms with van der Waals surface area (Å²) in [6.07, 6.45) is 2.64. The molecule has 0 aliphatic carbocycles. The van der Waals surface area contributed by atoms with Gasteiger partial charge in [0.2, 0.25) is 0 Å². The molecular formula is C24H23FN4O. The Hall–Kier alpha value is -3.67. The summed E-state index contributed by atoms with van der Waals surface area (Å²) >= 11 is 0. The highest BCUT2D eigenvalue weighted by molar-refractivity contribution is 5.89. The van der Waals surface area contributed by atoms with Gasteiger partial charge in [-0.25, -0.2) is 9.18 Å². The van der Waals surface area contributed by atoms with Crippen LogP contribution in [0.15, 0.2) is 72.9 Å². The fraction of sp³-hybridized carbons (Fsp3) is 0.167. The number of aromatic amines is 1. The third-order valence-corrected chi connectivity index (χ3v) is 5.03. The second kappa shape index (κ2) is 8.78. The van der Waals surface area contributed by atoms with E-state index in [0.717, 1.165) is 27.9 Å². The van der Waals surface area contributed by atoms with Crippen molar-refractivity contribution in [2.45, 2.75) is 19.9 Å². The summed E-state index contributed by atoms with van der Waals surface area (Å²) in [6, 6.07) is 19.6. The van der Waals surface area contributed by atoms with Crippen LogP contribution in [-0.2, 0) is 13.0 Å². The number of nitrogens with one attached hydrogen (secondary N) is 2. The molecule has 2 heterocycles. The van der Waals surface area contributed by atoms with Crippen molar-refractivity contribution in [1.29, 1.82) is 0 Å². The summed E-state index contributed by atoms with van der Waals surface area (Å²) in [5, 5.41) is 3.83. The van der Waals surface area contributed by atoms with Crippen LogP contribution < -0.4 is 5.32 Å².